The Bertz CT molecular complexity index is 336. The minimum absolute atomic E-state index is 0.141. The van der Waals surface area contributed by atoms with Gasteiger partial charge >= 0.3 is 5.97 Å². The molecule has 1 aromatic rings. The molecule has 0 radical (unpaired) electrons. The predicted molar refractivity (Wildman–Crippen MR) is 47.7 cm³/mol. The summed E-state index contributed by atoms with van der Waals surface area (Å²) in [5.41, 5.74) is 0.969. The van der Waals surface area contributed by atoms with Gasteiger partial charge in [-0.05, 0) is 24.0 Å². The Morgan fingerprint density at radius 1 is 1.62 bits per heavy atom. The van der Waals surface area contributed by atoms with E-state index in [1.54, 1.807) is 12.3 Å². The first-order chi connectivity index (χ1) is 6.18. The molecule has 1 aromatic heterocycles. The summed E-state index contributed by atoms with van der Waals surface area (Å²) < 4.78 is 0. The van der Waals surface area contributed by atoms with Crippen LogP contribution in [0.25, 0.3) is 0 Å². The Morgan fingerprint density at radius 3 is 2.85 bits per heavy atom. The molecule has 2 rings (SSSR count). The van der Waals surface area contributed by atoms with Gasteiger partial charge in [0.15, 0.2) is 0 Å². The van der Waals surface area contributed by atoms with Crippen LogP contribution < -0.4 is 0 Å². The monoisotopic (exact) mass is 197 g/mol. The van der Waals surface area contributed by atoms with Crippen molar-refractivity contribution in [3.63, 3.8) is 0 Å². The highest BCUT2D eigenvalue weighted by Gasteiger charge is 2.44. The van der Waals surface area contributed by atoms with Crippen molar-refractivity contribution >= 4 is 17.6 Å². The minimum Gasteiger partial charge on any atom is -0.481 e. The van der Waals surface area contributed by atoms with E-state index in [1.807, 2.05) is 6.07 Å². The van der Waals surface area contributed by atoms with Gasteiger partial charge < -0.3 is 5.11 Å². The fourth-order valence-corrected chi connectivity index (χ4v) is 1.55. The first-order valence-corrected chi connectivity index (χ1v) is 4.40. The van der Waals surface area contributed by atoms with Crippen LogP contribution in [0.1, 0.15) is 17.9 Å². The Hall–Kier alpha value is -1.09. The first kappa shape index (κ1) is 8.51. The molecule has 1 N–H and O–H groups in total. The molecule has 1 saturated carbocycles. The zero-order valence-corrected chi connectivity index (χ0v) is 7.53. The van der Waals surface area contributed by atoms with Crippen LogP contribution in [0.2, 0.25) is 5.15 Å². The van der Waals surface area contributed by atoms with Gasteiger partial charge in [0.25, 0.3) is 0 Å². The summed E-state index contributed by atoms with van der Waals surface area (Å²) >= 11 is 5.61. The Balaban J connectivity index is 2.12. The number of pyridine rings is 1. The van der Waals surface area contributed by atoms with Gasteiger partial charge in [-0.25, -0.2) is 4.98 Å². The molecule has 0 unspecified atom stereocenters. The van der Waals surface area contributed by atoms with Gasteiger partial charge in [-0.15, -0.1) is 0 Å². The molecule has 1 fully saturated rings. The van der Waals surface area contributed by atoms with E-state index in [9.17, 15) is 4.79 Å². The summed E-state index contributed by atoms with van der Waals surface area (Å²) in [7, 11) is 0. The van der Waals surface area contributed by atoms with E-state index in [1.165, 1.54) is 0 Å². The lowest BCUT2D eigenvalue weighted by Crippen LogP contribution is -1.98. The zero-order chi connectivity index (χ0) is 9.42. The first-order valence-electron chi connectivity index (χ1n) is 4.03. The van der Waals surface area contributed by atoms with Gasteiger partial charge in [-0.1, -0.05) is 17.7 Å². The largest absolute Gasteiger partial charge is 0.481 e. The van der Waals surface area contributed by atoms with Crippen LogP contribution in [-0.4, -0.2) is 16.1 Å². The standard InChI is InChI=1S/C9H8ClNO2/c10-8-2-1-5(4-11-8)6-3-7(6)9(12)13/h1-2,4,6-7H,3H2,(H,12,13)/t6-,7+/m1/s1. The minimum atomic E-state index is -0.722. The number of hydrogen-bond donors (Lipinski definition) is 1. The van der Waals surface area contributed by atoms with Crippen molar-refractivity contribution in [3.05, 3.63) is 29.0 Å². The number of halogens is 1. The number of carboxylic acid groups (broad SMARTS) is 1. The summed E-state index contributed by atoms with van der Waals surface area (Å²) in [6, 6.07) is 3.52. The number of nitrogens with zero attached hydrogens (tertiary/aromatic N) is 1. The Labute approximate surface area is 80.4 Å². The number of aliphatic carboxylic acids is 1. The van der Waals surface area contributed by atoms with Gasteiger partial charge in [0.2, 0.25) is 0 Å². The number of rotatable bonds is 2. The van der Waals surface area contributed by atoms with Gasteiger partial charge in [0, 0.05) is 6.20 Å². The number of hydrogen-bond acceptors (Lipinski definition) is 2. The van der Waals surface area contributed by atoms with E-state index >= 15 is 0 Å². The van der Waals surface area contributed by atoms with Crippen LogP contribution in [0.15, 0.2) is 18.3 Å². The van der Waals surface area contributed by atoms with Crippen LogP contribution in [0.3, 0.4) is 0 Å². The smallest absolute Gasteiger partial charge is 0.307 e. The summed E-state index contributed by atoms with van der Waals surface area (Å²) in [4.78, 5) is 14.5. The SMILES string of the molecule is O=C(O)[C@H]1C[C@@H]1c1ccc(Cl)nc1. The molecule has 0 amide bonds. The molecule has 0 saturated heterocycles. The lowest BCUT2D eigenvalue weighted by Gasteiger charge is -1.96. The molecule has 0 aromatic carbocycles. The van der Waals surface area contributed by atoms with Crippen molar-refractivity contribution in [3.8, 4) is 0 Å². The molecule has 0 spiro atoms. The van der Waals surface area contributed by atoms with E-state index < -0.39 is 5.97 Å². The molecular formula is C9H8ClNO2. The maximum absolute atomic E-state index is 10.6. The van der Waals surface area contributed by atoms with Crippen molar-refractivity contribution in [2.75, 3.05) is 0 Å². The van der Waals surface area contributed by atoms with Crippen molar-refractivity contribution in [2.45, 2.75) is 12.3 Å². The van der Waals surface area contributed by atoms with E-state index in [0.717, 1.165) is 12.0 Å². The molecule has 68 valence electrons. The molecule has 1 aliphatic rings. The number of carboxylic acids is 1. The highest BCUT2D eigenvalue weighted by atomic mass is 35.5. The molecule has 0 aliphatic heterocycles. The molecule has 1 aliphatic carbocycles. The second-order valence-electron chi connectivity index (χ2n) is 3.20. The average Bonchev–Trinajstić information content (AvgIpc) is 2.85. The summed E-state index contributed by atoms with van der Waals surface area (Å²) in [5.74, 6) is -0.801. The zero-order valence-electron chi connectivity index (χ0n) is 6.77. The molecule has 3 nitrogen and oxygen atoms in total. The highest BCUT2D eigenvalue weighted by Crippen LogP contribution is 2.47. The molecule has 2 atom stereocenters. The maximum atomic E-state index is 10.6. The molecule has 4 heteroatoms. The normalized spacial score (nSPS) is 25.6. The van der Waals surface area contributed by atoms with Gasteiger partial charge in [-0.3, -0.25) is 4.79 Å². The second-order valence-corrected chi connectivity index (χ2v) is 3.59. The summed E-state index contributed by atoms with van der Waals surface area (Å²) in [6.07, 6.45) is 2.37. The molecule has 0 bridgehead atoms. The van der Waals surface area contributed by atoms with E-state index in [2.05, 4.69) is 4.98 Å². The van der Waals surface area contributed by atoms with E-state index in [4.69, 9.17) is 16.7 Å². The summed E-state index contributed by atoms with van der Waals surface area (Å²) in [5, 5.41) is 9.13. The number of aromatic nitrogens is 1. The lowest BCUT2D eigenvalue weighted by molar-refractivity contribution is -0.138. The molecule has 13 heavy (non-hydrogen) atoms. The third-order valence-corrected chi connectivity index (χ3v) is 2.51. The third-order valence-electron chi connectivity index (χ3n) is 2.29. The van der Waals surface area contributed by atoms with Gasteiger partial charge in [-0.2, -0.15) is 0 Å². The van der Waals surface area contributed by atoms with Crippen molar-refractivity contribution < 1.29 is 9.90 Å². The third kappa shape index (κ3) is 1.65. The Morgan fingerprint density at radius 2 is 2.38 bits per heavy atom. The summed E-state index contributed by atoms with van der Waals surface area (Å²) in [6.45, 7) is 0. The fourth-order valence-electron chi connectivity index (χ4n) is 1.44. The number of carbonyl (C=O) groups is 1. The van der Waals surface area contributed by atoms with Crippen molar-refractivity contribution in [1.29, 1.82) is 0 Å². The second kappa shape index (κ2) is 3.00. The lowest BCUT2D eigenvalue weighted by atomic mass is 10.1. The quantitative estimate of drug-likeness (QED) is 0.737. The van der Waals surface area contributed by atoms with Crippen LogP contribution in [0.5, 0.6) is 0 Å². The van der Waals surface area contributed by atoms with Gasteiger partial charge in [0.1, 0.15) is 5.15 Å². The highest BCUT2D eigenvalue weighted by molar-refractivity contribution is 6.29. The fraction of sp³-hybridized carbons (Fsp3) is 0.333. The topological polar surface area (TPSA) is 50.2 Å². The molecular weight excluding hydrogens is 190 g/mol. The van der Waals surface area contributed by atoms with Crippen LogP contribution >= 0.6 is 11.6 Å². The average molecular weight is 198 g/mol. The molecule has 1 heterocycles. The van der Waals surface area contributed by atoms with E-state index in [-0.39, 0.29) is 11.8 Å². The predicted octanol–water partition coefficient (Wildman–Crippen LogP) is 1.92. The van der Waals surface area contributed by atoms with Crippen molar-refractivity contribution in [2.24, 2.45) is 5.92 Å². The Kier molecular flexibility index (Phi) is 1.96. The maximum Gasteiger partial charge on any atom is 0.307 e. The van der Waals surface area contributed by atoms with Gasteiger partial charge in [0.05, 0.1) is 5.92 Å². The van der Waals surface area contributed by atoms with E-state index in [0.29, 0.717) is 5.15 Å². The van der Waals surface area contributed by atoms with Crippen molar-refractivity contribution in [1.82, 2.24) is 4.98 Å². The van der Waals surface area contributed by atoms with Crippen LogP contribution in [-0.2, 0) is 4.79 Å². The van der Waals surface area contributed by atoms with Crippen LogP contribution in [0.4, 0.5) is 0 Å². The van der Waals surface area contributed by atoms with Crippen LogP contribution in [0, 0.1) is 5.92 Å².